The Labute approximate surface area is 117 Å². The zero-order chi connectivity index (χ0) is 14.5. The van der Waals surface area contributed by atoms with Crippen molar-refractivity contribution in [2.75, 3.05) is 19.0 Å². The summed E-state index contributed by atoms with van der Waals surface area (Å²) in [6, 6.07) is 6.85. The first kappa shape index (κ1) is 14.5. The number of benzene rings is 1. The molecule has 1 saturated heterocycles. The minimum absolute atomic E-state index is 0.0767. The number of methoxy groups -OCH3 is 1. The third-order valence-electron chi connectivity index (χ3n) is 3.34. The summed E-state index contributed by atoms with van der Waals surface area (Å²) in [4.78, 5) is 22.8. The maximum atomic E-state index is 12.0. The van der Waals surface area contributed by atoms with Gasteiger partial charge in [-0.2, -0.15) is 0 Å². The van der Waals surface area contributed by atoms with E-state index in [2.05, 4.69) is 10.6 Å². The number of hydrogen-bond donors (Lipinski definition) is 3. The van der Waals surface area contributed by atoms with Crippen molar-refractivity contribution in [1.29, 1.82) is 0 Å². The number of rotatable bonds is 5. The lowest BCUT2D eigenvalue weighted by molar-refractivity contribution is -0.118. The SMILES string of the molecule is COC1CNC(C(=O)Nc2ccc(CC(N)=O)cc2)C1. The number of primary amides is 1. The van der Waals surface area contributed by atoms with Crippen molar-refractivity contribution in [3.8, 4) is 0 Å². The van der Waals surface area contributed by atoms with Crippen LogP contribution in [0.15, 0.2) is 24.3 Å². The summed E-state index contributed by atoms with van der Waals surface area (Å²) < 4.78 is 5.21. The summed E-state index contributed by atoms with van der Waals surface area (Å²) in [6.07, 6.45) is 0.958. The molecule has 2 amide bonds. The van der Waals surface area contributed by atoms with Gasteiger partial charge < -0.3 is 21.1 Å². The molecule has 1 aromatic rings. The topological polar surface area (TPSA) is 93.4 Å². The second kappa shape index (κ2) is 6.49. The van der Waals surface area contributed by atoms with Crippen molar-refractivity contribution in [2.24, 2.45) is 5.73 Å². The average Bonchev–Trinajstić information content (AvgIpc) is 2.89. The molecular formula is C14H19N3O3. The molecule has 4 N–H and O–H groups in total. The summed E-state index contributed by atoms with van der Waals surface area (Å²) in [5.74, 6) is -0.449. The first-order chi connectivity index (χ1) is 9.58. The van der Waals surface area contributed by atoms with Crippen LogP contribution in [-0.2, 0) is 20.7 Å². The normalized spacial score (nSPS) is 21.6. The molecule has 0 aliphatic carbocycles. The van der Waals surface area contributed by atoms with Crippen LogP contribution in [-0.4, -0.2) is 37.6 Å². The van der Waals surface area contributed by atoms with Crippen molar-refractivity contribution < 1.29 is 14.3 Å². The Morgan fingerprint density at radius 1 is 1.40 bits per heavy atom. The summed E-state index contributed by atoms with van der Waals surface area (Å²) in [6.45, 7) is 0.687. The number of amides is 2. The maximum Gasteiger partial charge on any atom is 0.241 e. The summed E-state index contributed by atoms with van der Waals surface area (Å²) in [5, 5.41) is 5.95. The van der Waals surface area contributed by atoms with Crippen molar-refractivity contribution >= 4 is 17.5 Å². The van der Waals surface area contributed by atoms with Crippen LogP contribution >= 0.6 is 0 Å². The molecule has 1 aliphatic heterocycles. The third-order valence-corrected chi connectivity index (χ3v) is 3.34. The molecule has 0 radical (unpaired) electrons. The lowest BCUT2D eigenvalue weighted by atomic mass is 10.1. The summed E-state index contributed by atoms with van der Waals surface area (Å²) in [7, 11) is 1.64. The largest absolute Gasteiger partial charge is 0.380 e. The molecule has 108 valence electrons. The summed E-state index contributed by atoms with van der Waals surface area (Å²) >= 11 is 0. The van der Waals surface area contributed by atoms with Gasteiger partial charge in [-0.3, -0.25) is 9.59 Å². The molecule has 0 aromatic heterocycles. The fourth-order valence-corrected chi connectivity index (χ4v) is 2.22. The number of nitrogens with one attached hydrogen (secondary N) is 2. The lowest BCUT2D eigenvalue weighted by Gasteiger charge is -2.11. The van der Waals surface area contributed by atoms with E-state index in [0.717, 1.165) is 5.56 Å². The van der Waals surface area contributed by atoms with Gasteiger partial charge in [-0.1, -0.05) is 12.1 Å². The molecule has 0 bridgehead atoms. The quantitative estimate of drug-likeness (QED) is 0.708. The predicted molar refractivity (Wildman–Crippen MR) is 75.2 cm³/mol. The smallest absolute Gasteiger partial charge is 0.241 e. The Morgan fingerprint density at radius 2 is 2.10 bits per heavy atom. The van der Waals surface area contributed by atoms with Crippen LogP contribution in [0.3, 0.4) is 0 Å². The van der Waals surface area contributed by atoms with Gasteiger partial charge in [-0.05, 0) is 24.1 Å². The van der Waals surface area contributed by atoms with Gasteiger partial charge in [0.2, 0.25) is 11.8 Å². The Bertz CT molecular complexity index is 487. The first-order valence-electron chi connectivity index (χ1n) is 6.52. The van der Waals surface area contributed by atoms with E-state index in [9.17, 15) is 9.59 Å². The van der Waals surface area contributed by atoms with Gasteiger partial charge >= 0.3 is 0 Å². The molecular weight excluding hydrogens is 258 g/mol. The van der Waals surface area contributed by atoms with Gasteiger partial charge in [0.15, 0.2) is 0 Å². The van der Waals surface area contributed by atoms with Crippen LogP contribution < -0.4 is 16.4 Å². The van der Waals surface area contributed by atoms with Crippen LogP contribution in [0.25, 0.3) is 0 Å². The standard InChI is InChI=1S/C14H19N3O3/c1-20-11-7-12(16-8-11)14(19)17-10-4-2-9(3-5-10)6-13(15)18/h2-5,11-12,16H,6-8H2,1H3,(H2,15,18)(H,17,19). The fourth-order valence-electron chi connectivity index (χ4n) is 2.22. The minimum atomic E-state index is -0.373. The van der Waals surface area contributed by atoms with Crippen molar-refractivity contribution in [2.45, 2.75) is 25.0 Å². The predicted octanol–water partition coefficient (Wildman–Crippen LogP) is 0.0298. The number of nitrogens with two attached hydrogens (primary N) is 1. The highest BCUT2D eigenvalue weighted by Crippen LogP contribution is 2.14. The minimum Gasteiger partial charge on any atom is -0.380 e. The molecule has 2 atom stereocenters. The number of carbonyl (C=O) groups is 2. The Kier molecular flexibility index (Phi) is 4.70. The molecule has 2 unspecified atom stereocenters. The van der Waals surface area contributed by atoms with Gasteiger partial charge in [0.25, 0.3) is 0 Å². The second-order valence-electron chi connectivity index (χ2n) is 4.88. The first-order valence-corrected chi connectivity index (χ1v) is 6.52. The zero-order valence-electron chi connectivity index (χ0n) is 11.4. The van der Waals surface area contributed by atoms with Crippen LogP contribution in [0.4, 0.5) is 5.69 Å². The number of carbonyl (C=O) groups excluding carboxylic acids is 2. The highest BCUT2D eigenvalue weighted by Gasteiger charge is 2.29. The average molecular weight is 277 g/mol. The highest BCUT2D eigenvalue weighted by molar-refractivity contribution is 5.95. The molecule has 6 heteroatoms. The van der Waals surface area contributed by atoms with E-state index < -0.39 is 0 Å². The Hall–Kier alpha value is -1.92. The molecule has 1 heterocycles. The van der Waals surface area contributed by atoms with Crippen LogP contribution in [0, 0.1) is 0 Å². The number of anilines is 1. The fraction of sp³-hybridized carbons (Fsp3) is 0.429. The lowest BCUT2D eigenvalue weighted by Crippen LogP contribution is -2.35. The van der Waals surface area contributed by atoms with E-state index in [-0.39, 0.29) is 30.4 Å². The number of ether oxygens (including phenoxy) is 1. The highest BCUT2D eigenvalue weighted by atomic mass is 16.5. The van der Waals surface area contributed by atoms with Gasteiger partial charge in [-0.25, -0.2) is 0 Å². The van der Waals surface area contributed by atoms with E-state index in [1.807, 2.05) is 0 Å². The van der Waals surface area contributed by atoms with Crippen molar-refractivity contribution in [1.82, 2.24) is 5.32 Å². The molecule has 20 heavy (non-hydrogen) atoms. The third kappa shape index (κ3) is 3.79. The second-order valence-corrected chi connectivity index (χ2v) is 4.88. The van der Waals surface area contributed by atoms with Crippen molar-refractivity contribution in [3.05, 3.63) is 29.8 Å². The van der Waals surface area contributed by atoms with Gasteiger partial charge in [0.05, 0.1) is 18.6 Å². The molecule has 1 fully saturated rings. The van der Waals surface area contributed by atoms with E-state index >= 15 is 0 Å². The van der Waals surface area contributed by atoms with Gasteiger partial charge in [0, 0.05) is 19.3 Å². The Morgan fingerprint density at radius 3 is 2.65 bits per heavy atom. The number of hydrogen-bond acceptors (Lipinski definition) is 4. The van der Waals surface area contributed by atoms with Gasteiger partial charge in [0.1, 0.15) is 0 Å². The Balaban J connectivity index is 1.90. The van der Waals surface area contributed by atoms with Crippen LogP contribution in [0.2, 0.25) is 0 Å². The monoisotopic (exact) mass is 277 g/mol. The van der Waals surface area contributed by atoms with Gasteiger partial charge in [-0.15, -0.1) is 0 Å². The van der Waals surface area contributed by atoms with E-state index in [0.29, 0.717) is 18.7 Å². The maximum absolute atomic E-state index is 12.0. The van der Waals surface area contributed by atoms with Crippen LogP contribution in [0.1, 0.15) is 12.0 Å². The molecule has 0 saturated carbocycles. The van der Waals surface area contributed by atoms with E-state index in [1.54, 1.807) is 31.4 Å². The van der Waals surface area contributed by atoms with Crippen LogP contribution in [0.5, 0.6) is 0 Å². The molecule has 1 aliphatic rings. The van der Waals surface area contributed by atoms with Crippen molar-refractivity contribution in [3.63, 3.8) is 0 Å². The molecule has 0 spiro atoms. The zero-order valence-corrected chi connectivity index (χ0v) is 11.4. The molecule has 6 nitrogen and oxygen atoms in total. The molecule has 1 aromatic carbocycles. The summed E-state index contributed by atoms with van der Waals surface area (Å²) in [5.41, 5.74) is 6.65. The van der Waals surface area contributed by atoms with E-state index in [1.165, 1.54) is 0 Å². The molecule has 2 rings (SSSR count). The van der Waals surface area contributed by atoms with E-state index in [4.69, 9.17) is 10.5 Å².